The first kappa shape index (κ1) is 13.6. The number of amides is 1. The van der Waals surface area contributed by atoms with Crippen LogP contribution in [0.4, 0.5) is 5.69 Å². The highest BCUT2D eigenvalue weighted by atomic mass is 16.2. The molecule has 2 N–H and O–H groups in total. The van der Waals surface area contributed by atoms with E-state index in [1.165, 1.54) is 12.0 Å². The van der Waals surface area contributed by atoms with Crippen molar-refractivity contribution < 1.29 is 4.79 Å². The minimum absolute atomic E-state index is 0.145. The van der Waals surface area contributed by atoms with Crippen LogP contribution in [-0.4, -0.2) is 19.0 Å². The van der Waals surface area contributed by atoms with Gasteiger partial charge in [0, 0.05) is 18.2 Å². The van der Waals surface area contributed by atoms with Crippen molar-refractivity contribution in [3.8, 4) is 0 Å². The van der Waals surface area contributed by atoms with Crippen molar-refractivity contribution in [2.45, 2.75) is 38.5 Å². The van der Waals surface area contributed by atoms with Gasteiger partial charge in [0.05, 0.1) is 0 Å². The number of para-hydroxylation sites is 1. The second-order valence-corrected chi connectivity index (χ2v) is 6.11. The third kappa shape index (κ3) is 2.47. The van der Waals surface area contributed by atoms with E-state index in [1.807, 2.05) is 11.0 Å². The average Bonchev–Trinajstić information content (AvgIpc) is 2.86. The summed E-state index contributed by atoms with van der Waals surface area (Å²) in [5, 5.41) is 0. The van der Waals surface area contributed by atoms with Crippen LogP contribution in [-0.2, 0) is 11.2 Å². The van der Waals surface area contributed by atoms with Crippen molar-refractivity contribution in [2.24, 2.45) is 17.6 Å². The Morgan fingerprint density at radius 2 is 2.05 bits per heavy atom. The Labute approximate surface area is 121 Å². The molecule has 1 aliphatic heterocycles. The number of hydrogen-bond donors (Lipinski definition) is 1. The summed E-state index contributed by atoms with van der Waals surface area (Å²) in [4.78, 5) is 15.0. The minimum atomic E-state index is 0.145. The van der Waals surface area contributed by atoms with Gasteiger partial charge in [0.2, 0.25) is 5.91 Å². The number of hydrogen-bond acceptors (Lipinski definition) is 2. The smallest absolute Gasteiger partial charge is 0.230 e. The van der Waals surface area contributed by atoms with Crippen molar-refractivity contribution in [1.82, 2.24) is 0 Å². The molecule has 3 nitrogen and oxygen atoms in total. The third-order valence-electron chi connectivity index (χ3n) is 4.91. The molecule has 1 aromatic rings. The minimum Gasteiger partial charge on any atom is -0.330 e. The molecule has 0 spiro atoms. The van der Waals surface area contributed by atoms with Gasteiger partial charge in [-0.1, -0.05) is 24.6 Å². The van der Waals surface area contributed by atoms with Crippen molar-refractivity contribution in [2.75, 3.05) is 18.0 Å². The van der Waals surface area contributed by atoms with Crippen LogP contribution in [0.25, 0.3) is 0 Å². The molecular weight excluding hydrogens is 248 g/mol. The molecule has 1 aliphatic carbocycles. The number of fused-ring (bicyclic) bond motifs is 1. The van der Waals surface area contributed by atoms with Crippen LogP contribution in [0.3, 0.4) is 0 Å². The number of carbonyl (C=O) groups is 1. The number of carbonyl (C=O) groups excluding carboxylic acids is 1. The summed E-state index contributed by atoms with van der Waals surface area (Å²) < 4.78 is 0. The molecule has 2 atom stereocenters. The Bertz CT molecular complexity index is 486. The first-order chi connectivity index (χ1) is 9.81. The number of benzene rings is 1. The van der Waals surface area contributed by atoms with E-state index in [0.717, 1.165) is 44.3 Å². The van der Waals surface area contributed by atoms with Crippen LogP contribution in [0.5, 0.6) is 0 Å². The molecule has 108 valence electrons. The van der Waals surface area contributed by atoms with E-state index in [4.69, 9.17) is 5.73 Å². The van der Waals surface area contributed by atoms with Crippen molar-refractivity contribution in [3.63, 3.8) is 0 Å². The summed E-state index contributed by atoms with van der Waals surface area (Å²) in [6.07, 6.45) is 6.63. The summed E-state index contributed by atoms with van der Waals surface area (Å²) in [5.41, 5.74) is 8.30. The molecule has 0 aromatic heterocycles. The zero-order chi connectivity index (χ0) is 13.9. The molecule has 1 amide bonds. The highest BCUT2D eigenvalue weighted by Gasteiger charge is 2.35. The van der Waals surface area contributed by atoms with E-state index in [9.17, 15) is 4.79 Å². The van der Waals surface area contributed by atoms with Gasteiger partial charge in [0.1, 0.15) is 0 Å². The van der Waals surface area contributed by atoms with Gasteiger partial charge in [-0.2, -0.15) is 0 Å². The van der Waals surface area contributed by atoms with Gasteiger partial charge in [-0.15, -0.1) is 0 Å². The second kappa shape index (κ2) is 5.96. The summed E-state index contributed by atoms with van der Waals surface area (Å²) in [6, 6.07) is 8.38. The molecule has 0 radical (unpaired) electrons. The van der Waals surface area contributed by atoms with Crippen molar-refractivity contribution >= 4 is 11.6 Å². The number of anilines is 1. The lowest BCUT2D eigenvalue weighted by atomic mass is 9.94. The lowest BCUT2D eigenvalue weighted by Gasteiger charge is -2.28. The Morgan fingerprint density at radius 1 is 1.20 bits per heavy atom. The average molecular weight is 272 g/mol. The largest absolute Gasteiger partial charge is 0.330 e. The highest BCUT2D eigenvalue weighted by Crippen LogP contribution is 2.35. The van der Waals surface area contributed by atoms with Crippen LogP contribution in [0.1, 0.15) is 37.7 Å². The van der Waals surface area contributed by atoms with E-state index >= 15 is 0 Å². The molecule has 1 heterocycles. The fourth-order valence-corrected chi connectivity index (χ4v) is 3.76. The first-order valence-electron chi connectivity index (χ1n) is 7.90. The summed E-state index contributed by atoms with van der Waals surface area (Å²) in [5.74, 6) is 0.844. The topological polar surface area (TPSA) is 46.3 Å². The molecule has 2 aliphatic rings. The predicted octanol–water partition coefficient (Wildman–Crippen LogP) is 2.73. The van der Waals surface area contributed by atoms with Crippen LogP contribution in [0.2, 0.25) is 0 Å². The highest BCUT2D eigenvalue weighted by molar-refractivity contribution is 5.96. The molecule has 1 saturated carbocycles. The number of nitrogens with zero attached hydrogens (tertiary/aromatic N) is 1. The van der Waals surface area contributed by atoms with Crippen LogP contribution < -0.4 is 10.6 Å². The maximum Gasteiger partial charge on any atom is 0.230 e. The lowest BCUT2D eigenvalue weighted by Crippen LogP contribution is -2.39. The number of aryl methyl sites for hydroxylation is 1. The van der Waals surface area contributed by atoms with Crippen LogP contribution >= 0.6 is 0 Å². The standard InChI is InChI=1S/C17H24N2O/c18-12-14-8-5-9-15(14)17(20)19-11-4-3-7-13-6-1-2-10-16(13)19/h1-2,6,10,14-15H,3-5,7-9,11-12,18H2. The maximum absolute atomic E-state index is 13.0. The Morgan fingerprint density at radius 3 is 2.90 bits per heavy atom. The van der Waals surface area contributed by atoms with Gasteiger partial charge in [-0.25, -0.2) is 0 Å². The van der Waals surface area contributed by atoms with Gasteiger partial charge in [-0.3, -0.25) is 4.79 Å². The molecule has 1 fully saturated rings. The Balaban J connectivity index is 1.87. The van der Waals surface area contributed by atoms with Gasteiger partial charge < -0.3 is 10.6 Å². The van der Waals surface area contributed by atoms with Crippen molar-refractivity contribution in [3.05, 3.63) is 29.8 Å². The normalized spacial score (nSPS) is 26.1. The molecule has 2 unspecified atom stereocenters. The SMILES string of the molecule is NCC1CCCC1C(=O)N1CCCCc2ccccc21. The van der Waals surface area contributed by atoms with E-state index in [2.05, 4.69) is 18.2 Å². The summed E-state index contributed by atoms with van der Waals surface area (Å²) in [7, 11) is 0. The molecule has 3 rings (SSSR count). The summed E-state index contributed by atoms with van der Waals surface area (Å²) >= 11 is 0. The summed E-state index contributed by atoms with van der Waals surface area (Å²) in [6.45, 7) is 1.51. The zero-order valence-electron chi connectivity index (χ0n) is 12.1. The zero-order valence-corrected chi connectivity index (χ0v) is 12.1. The predicted molar refractivity (Wildman–Crippen MR) is 81.6 cm³/mol. The molecule has 20 heavy (non-hydrogen) atoms. The number of rotatable bonds is 2. The van der Waals surface area contributed by atoms with Gasteiger partial charge in [0.25, 0.3) is 0 Å². The monoisotopic (exact) mass is 272 g/mol. The third-order valence-corrected chi connectivity index (χ3v) is 4.91. The molecule has 3 heteroatoms. The molecular formula is C17H24N2O. The van der Waals surface area contributed by atoms with Crippen LogP contribution in [0.15, 0.2) is 24.3 Å². The molecule has 0 saturated heterocycles. The van der Waals surface area contributed by atoms with E-state index in [0.29, 0.717) is 18.4 Å². The van der Waals surface area contributed by atoms with Crippen LogP contribution in [0, 0.1) is 11.8 Å². The molecule has 0 bridgehead atoms. The fraction of sp³-hybridized carbons (Fsp3) is 0.588. The van der Waals surface area contributed by atoms with E-state index < -0.39 is 0 Å². The fourth-order valence-electron chi connectivity index (χ4n) is 3.76. The van der Waals surface area contributed by atoms with Gasteiger partial charge >= 0.3 is 0 Å². The Hall–Kier alpha value is -1.35. The Kier molecular flexibility index (Phi) is 4.06. The lowest BCUT2D eigenvalue weighted by molar-refractivity contribution is -0.123. The quantitative estimate of drug-likeness (QED) is 0.900. The van der Waals surface area contributed by atoms with Gasteiger partial charge in [0.15, 0.2) is 0 Å². The van der Waals surface area contributed by atoms with E-state index in [1.54, 1.807) is 0 Å². The number of nitrogens with two attached hydrogens (primary N) is 1. The first-order valence-corrected chi connectivity index (χ1v) is 7.90. The molecule has 1 aromatic carbocycles. The van der Waals surface area contributed by atoms with E-state index in [-0.39, 0.29) is 5.92 Å². The van der Waals surface area contributed by atoms with Gasteiger partial charge in [-0.05, 0) is 56.2 Å². The second-order valence-electron chi connectivity index (χ2n) is 6.11. The maximum atomic E-state index is 13.0. The van der Waals surface area contributed by atoms with Crippen molar-refractivity contribution in [1.29, 1.82) is 0 Å².